The van der Waals surface area contributed by atoms with Crippen molar-refractivity contribution in [3.63, 3.8) is 0 Å². The van der Waals surface area contributed by atoms with Gasteiger partial charge in [-0.2, -0.15) is 26.3 Å². The summed E-state index contributed by atoms with van der Waals surface area (Å²) < 4.78 is 76.8. The summed E-state index contributed by atoms with van der Waals surface area (Å²) in [6.45, 7) is 2.02. The number of nitrogens with one attached hydrogen (secondary N) is 2. The highest BCUT2D eigenvalue weighted by Gasteiger charge is 2.35. The number of anilines is 1. The first-order valence-electron chi connectivity index (χ1n) is 9.99. The van der Waals surface area contributed by atoms with Crippen LogP contribution in [0.4, 0.5) is 32.3 Å². The maximum absolute atomic E-state index is 13.0. The van der Waals surface area contributed by atoms with Crippen molar-refractivity contribution in [1.82, 2.24) is 20.4 Å². The van der Waals surface area contributed by atoms with Crippen molar-refractivity contribution < 1.29 is 36.0 Å². The predicted molar refractivity (Wildman–Crippen MR) is 106 cm³/mol. The number of pyridine rings is 1. The van der Waals surface area contributed by atoms with Crippen molar-refractivity contribution in [3.8, 4) is 0 Å². The van der Waals surface area contributed by atoms with Crippen LogP contribution < -0.4 is 15.9 Å². The summed E-state index contributed by atoms with van der Waals surface area (Å²) in [4.78, 5) is 40.1. The monoisotopic (exact) mass is 491 g/mol. The largest absolute Gasteiger partial charge is 0.421 e. The minimum atomic E-state index is -4.85. The second kappa shape index (κ2) is 9.83. The number of aromatic amines is 1. The number of alkyl halides is 6. The number of H-pyrrole nitrogens is 1. The Hall–Kier alpha value is -3.42. The molecule has 1 atom stereocenters. The van der Waals surface area contributed by atoms with Crippen LogP contribution in [-0.4, -0.2) is 33.9 Å². The number of hydrogen-bond acceptors (Lipinski definition) is 6. The average Bonchev–Trinajstić information content (AvgIpc) is 2.79. The van der Waals surface area contributed by atoms with Gasteiger partial charge in [0.05, 0.1) is 5.56 Å². The van der Waals surface area contributed by atoms with Crippen LogP contribution in [0.1, 0.15) is 42.6 Å². The molecule has 0 unspecified atom stereocenters. The standard InChI is InChI=1S/C20H19F6N5O3/c1-2-15(12-7-14(20(24,25)26)17(33)27-8-12)34-30-16(32)11-3-5-31(6-4-11)18-28-9-13(10-29-18)19(21,22)23/h3,7-10,15H,2,4-6H2,1H3,(H,27,33)(H,30,32)/t15-/m1/s1. The van der Waals surface area contributed by atoms with Crippen LogP contribution in [0.3, 0.4) is 0 Å². The van der Waals surface area contributed by atoms with Gasteiger partial charge in [-0.05, 0) is 18.9 Å². The molecule has 0 spiro atoms. The van der Waals surface area contributed by atoms with Crippen LogP contribution in [0.5, 0.6) is 0 Å². The lowest BCUT2D eigenvalue weighted by Crippen LogP contribution is -2.35. The fourth-order valence-electron chi connectivity index (χ4n) is 3.16. The minimum Gasteiger partial charge on any atom is -0.337 e. The number of carbonyl (C=O) groups excluding carboxylic acids is 1. The zero-order valence-electron chi connectivity index (χ0n) is 17.6. The first-order valence-corrected chi connectivity index (χ1v) is 9.99. The molecule has 2 aromatic rings. The lowest BCUT2D eigenvalue weighted by atomic mass is 10.1. The van der Waals surface area contributed by atoms with Gasteiger partial charge in [0, 0.05) is 42.8 Å². The molecule has 0 radical (unpaired) electrons. The molecule has 2 aromatic heterocycles. The highest BCUT2D eigenvalue weighted by Crippen LogP contribution is 2.30. The van der Waals surface area contributed by atoms with E-state index in [-0.39, 0.29) is 37.4 Å². The van der Waals surface area contributed by atoms with Gasteiger partial charge in [-0.1, -0.05) is 13.0 Å². The molecule has 3 heterocycles. The third kappa shape index (κ3) is 5.92. The van der Waals surface area contributed by atoms with E-state index in [2.05, 4.69) is 15.4 Å². The summed E-state index contributed by atoms with van der Waals surface area (Å²) >= 11 is 0. The van der Waals surface area contributed by atoms with Gasteiger partial charge in [0.25, 0.3) is 11.5 Å². The molecule has 184 valence electrons. The van der Waals surface area contributed by atoms with Gasteiger partial charge in [0.1, 0.15) is 11.7 Å². The van der Waals surface area contributed by atoms with E-state index in [1.807, 2.05) is 4.98 Å². The Balaban J connectivity index is 1.61. The van der Waals surface area contributed by atoms with Gasteiger partial charge in [0.2, 0.25) is 5.95 Å². The third-order valence-corrected chi connectivity index (χ3v) is 5.02. The second-order valence-electron chi connectivity index (χ2n) is 7.31. The highest BCUT2D eigenvalue weighted by atomic mass is 19.4. The van der Waals surface area contributed by atoms with E-state index >= 15 is 0 Å². The van der Waals surface area contributed by atoms with Crippen molar-refractivity contribution in [2.24, 2.45) is 0 Å². The van der Waals surface area contributed by atoms with Crippen LogP contribution in [0.15, 0.2) is 41.1 Å². The predicted octanol–water partition coefficient (Wildman–Crippen LogP) is 3.54. The lowest BCUT2D eigenvalue weighted by Gasteiger charge is -2.26. The molecule has 34 heavy (non-hydrogen) atoms. The molecule has 14 heteroatoms. The Morgan fingerprint density at radius 3 is 2.41 bits per heavy atom. The van der Waals surface area contributed by atoms with E-state index in [1.165, 1.54) is 6.08 Å². The number of aromatic nitrogens is 3. The summed E-state index contributed by atoms with van der Waals surface area (Å²) in [6.07, 6.45) is -6.00. The van der Waals surface area contributed by atoms with Crippen LogP contribution >= 0.6 is 0 Å². The Labute approximate surface area is 188 Å². The van der Waals surface area contributed by atoms with Gasteiger partial charge in [-0.25, -0.2) is 15.4 Å². The molecule has 1 amide bonds. The molecule has 1 aliphatic heterocycles. The molecule has 0 bridgehead atoms. The van der Waals surface area contributed by atoms with Crippen LogP contribution in [0.25, 0.3) is 0 Å². The van der Waals surface area contributed by atoms with Gasteiger partial charge in [0.15, 0.2) is 0 Å². The number of carbonyl (C=O) groups is 1. The van der Waals surface area contributed by atoms with E-state index in [1.54, 1.807) is 11.8 Å². The summed E-state index contributed by atoms with van der Waals surface area (Å²) in [5, 5.41) is 0. The van der Waals surface area contributed by atoms with Crippen molar-refractivity contribution >= 4 is 11.9 Å². The summed E-state index contributed by atoms with van der Waals surface area (Å²) in [5.41, 5.74) is -1.10. The quantitative estimate of drug-likeness (QED) is 0.474. The Morgan fingerprint density at radius 2 is 1.88 bits per heavy atom. The van der Waals surface area contributed by atoms with E-state index in [4.69, 9.17) is 4.84 Å². The second-order valence-corrected chi connectivity index (χ2v) is 7.31. The molecular formula is C20H19F6N5O3. The zero-order valence-corrected chi connectivity index (χ0v) is 17.6. The molecule has 0 fully saturated rings. The van der Waals surface area contributed by atoms with E-state index in [0.29, 0.717) is 24.0 Å². The van der Waals surface area contributed by atoms with Crippen LogP contribution in [-0.2, 0) is 22.0 Å². The normalized spacial score (nSPS) is 15.6. The van der Waals surface area contributed by atoms with Crippen molar-refractivity contribution in [2.45, 2.75) is 38.2 Å². The number of amides is 1. The number of hydrogen-bond donors (Lipinski definition) is 2. The van der Waals surface area contributed by atoms with Crippen LogP contribution in [0.2, 0.25) is 0 Å². The molecule has 3 rings (SSSR count). The maximum Gasteiger partial charge on any atom is 0.421 e. The van der Waals surface area contributed by atoms with E-state index < -0.39 is 41.0 Å². The van der Waals surface area contributed by atoms with E-state index in [9.17, 15) is 35.9 Å². The molecule has 8 nitrogen and oxygen atoms in total. The van der Waals surface area contributed by atoms with Crippen LogP contribution in [0, 0.1) is 0 Å². The van der Waals surface area contributed by atoms with Crippen molar-refractivity contribution in [1.29, 1.82) is 0 Å². The SMILES string of the molecule is CC[C@@H](ONC(=O)C1=CCN(c2ncc(C(F)(F)F)cn2)CC1)c1c[nH]c(=O)c(C(F)(F)F)c1. The van der Waals surface area contributed by atoms with Gasteiger partial charge >= 0.3 is 12.4 Å². The van der Waals surface area contributed by atoms with Crippen molar-refractivity contribution in [2.75, 3.05) is 18.0 Å². The maximum atomic E-state index is 13.0. The number of nitrogens with zero attached hydrogens (tertiary/aromatic N) is 3. The Morgan fingerprint density at radius 1 is 1.21 bits per heavy atom. The minimum absolute atomic E-state index is 0.0259. The van der Waals surface area contributed by atoms with Crippen molar-refractivity contribution in [3.05, 3.63) is 63.4 Å². The Kier molecular flexibility index (Phi) is 7.29. The highest BCUT2D eigenvalue weighted by molar-refractivity contribution is 5.93. The molecular weight excluding hydrogens is 472 g/mol. The molecule has 2 N–H and O–H groups in total. The number of hydroxylamine groups is 1. The molecule has 1 aliphatic rings. The van der Waals surface area contributed by atoms with Gasteiger partial charge in [-0.15, -0.1) is 0 Å². The third-order valence-electron chi connectivity index (χ3n) is 5.02. The molecule has 0 aromatic carbocycles. The average molecular weight is 491 g/mol. The smallest absolute Gasteiger partial charge is 0.337 e. The Bertz CT molecular complexity index is 1110. The summed E-state index contributed by atoms with van der Waals surface area (Å²) in [5.74, 6) is -0.545. The topological polar surface area (TPSA) is 100 Å². The summed E-state index contributed by atoms with van der Waals surface area (Å²) in [6, 6.07) is 0.668. The molecule has 0 aliphatic carbocycles. The van der Waals surface area contributed by atoms with E-state index in [0.717, 1.165) is 6.20 Å². The number of rotatable bonds is 6. The summed E-state index contributed by atoms with van der Waals surface area (Å²) in [7, 11) is 0. The molecule has 0 saturated heterocycles. The zero-order chi connectivity index (χ0) is 25.1. The van der Waals surface area contributed by atoms with Gasteiger partial charge < -0.3 is 9.88 Å². The lowest BCUT2D eigenvalue weighted by molar-refractivity contribution is -0.140. The molecule has 0 saturated carbocycles. The first kappa shape index (κ1) is 25.2. The fourth-order valence-corrected chi connectivity index (χ4v) is 3.16. The van der Waals surface area contributed by atoms with Gasteiger partial charge in [-0.3, -0.25) is 14.4 Å². The fraction of sp³-hybridized carbons (Fsp3) is 0.400. The number of halogens is 6. The first-order chi connectivity index (χ1) is 15.9.